The molecule has 0 bridgehead atoms. The van der Waals surface area contributed by atoms with E-state index in [1.165, 1.54) is 6.33 Å². The van der Waals surface area contributed by atoms with Crippen LogP contribution in [-0.2, 0) is 24.9 Å². The van der Waals surface area contributed by atoms with E-state index in [9.17, 15) is 4.79 Å². The number of carboxylic acid groups (broad SMARTS) is 1. The van der Waals surface area contributed by atoms with Crippen LogP contribution in [0.15, 0.2) is 30.6 Å². The van der Waals surface area contributed by atoms with Crippen LogP contribution < -0.4 is 4.74 Å². The van der Waals surface area contributed by atoms with Crippen molar-refractivity contribution >= 4 is 5.97 Å². The normalized spacial score (nSPS) is 10.3. The lowest BCUT2D eigenvalue weighted by Crippen LogP contribution is -2.05. The van der Waals surface area contributed by atoms with E-state index in [0.717, 1.165) is 0 Å². The van der Waals surface area contributed by atoms with Crippen LogP contribution in [0.3, 0.4) is 0 Å². The summed E-state index contributed by atoms with van der Waals surface area (Å²) in [5.41, 5.74) is 0.706. The highest BCUT2D eigenvalue weighted by molar-refractivity contribution is 5.70. The van der Waals surface area contributed by atoms with Crippen LogP contribution in [-0.4, -0.2) is 25.8 Å². The molecule has 0 radical (unpaired) electrons. The fourth-order valence-corrected chi connectivity index (χ4v) is 1.52. The molecule has 0 spiro atoms. The Hall–Kier alpha value is -2.37. The van der Waals surface area contributed by atoms with Gasteiger partial charge in [0.25, 0.3) is 0 Å². The van der Waals surface area contributed by atoms with Crippen LogP contribution in [0.2, 0.25) is 0 Å². The standard InChI is InChI=1S/C12H13N3O3/c1-15-11(13-8-14-15)7-18-10-4-2-3-9(5-10)6-12(16)17/h2-5,8H,6-7H2,1H3,(H,16,17). The molecule has 0 aliphatic heterocycles. The Morgan fingerprint density at radius 2 is 2.33 bits per heavy atom. The first-order valence-corrected chi connectivity index (χ1v) is 5.41. The van der Waals surface area contributed by atoms with Gasteiger partial charge < -0.3 is 9.84 Å². The molecule has 1 N–H and O–H groups in total. The van der Waals surface area contributed by atoms with Gasteiger partial charge in [-0.05, 0) is 17.7 Å². The van der Waals surface area contributed by atoms with Crippen molar-refractivity contribution in [2.75, 3.05) is 0 Å². The predicted molar refractivity (Wildman–Crippen MR) is 63.1 cm³/mol. The zero-order valence-corrected chi connectivity index (χ0v) is 9.91. The summed E-state index contributed by atoms with van der Waals surface area (Å²) >= 11 is 0. The molecular weight excluding hydrogens is 234 g/mol. The summed E-state index contributed by atoms with van der Waals surface area (Å²) in [6.07, 6.45) is 1.45. The predicted octanol–water partition coefficient (Wildman–Crippen LogP) is 1.02. The third-order valence-electron chi connectivity index (χ3n) is 2.43. The number of aliphatic carboxylic acids is 1. The highest BCUT2D eigenvalue weighted by Gasteiger charge is 2.04. The van der Waals surface area contributed by atoms with Crippen molar-refractivity contribution in [1.29, 1.82) is 0 Å². The molecule has 18 heavy (non-hydrogen) atoms. The molecule has 0 amide bonds. The topological polar surface area (TPSA) is 77.2 Å². The van der Waals surface area contributed by atoms with Gasteiger partial charge in [0.05, 0.1) is 6.42 Å². The summed E-state index contributed by atoms with van der Waals surface area (Å²) in [4.78, 5) is 14.6. The number of aromatic nitrogens is 3. The van der Waals surface area contributed by atoms with Crippen molar-refractivity contribution in [3.05, 3.63) is 42.0 Å². The monoisotopic (exact) mass is 247 g/mol. The summed E-state index contributed by atoms with van der Waals surface area (Å²) in [6.45, 7) is 0.299. The van der Waals surface area contributed by atoms with Gasteiger partial charge in [0.15, 0.2) is 5.82 Å². The van der Waals surface area contributed by atoms with Crippen molar-refractivity contribution in [3.8, 4) is 5.75 Å². The van der Waals surface area contributed by atoms with E-state index >= 15 is 0 Å². The van der Waals surface area contributed by atoms with Crippen LogP contribution in [0.4, 0.5) is 0 Å². The van der Waals surface area contributed by atoms with E-state index in [1.54, 1.807) is 36.0 Å². The van der Waals surface area contributed by atoms with E-state index in [1.807, 2.05) is 0 Å². The number of nitrogens with zero attached hydrogens (tertiary/aromatic N) is 3. The van der Waals surface area contributed by atoms with Gasteiger partial charge in [-0.2, -0.15) is 5.10 Å². The van der Waals surface area contributed by atoms with Crippen molar-refractivity contribution in [2.24, 2.45) is 7.05 Å². The third kappa shape index (κ3) is 3.07. The molecule has 0 atom stereocenters. The maximum Gasteiger partial charge on any atom is 0.307 e. The number of aryl methyl sites for hydroxylation is 1. The minimum Gasteiger partial charge on any atom is -0.486 e. The lowest BCUT2D eigenvalue weighted by atomic mass is 10.1. The Balaban J connectivity index is 2.01. The highest BCUT2D eigenvalue weighted by Crippen LogP contribution is 2.15. The second kappa shape index (κ2) is 5.31. The maximum atomic E-state index is 10.6. The van der Waals surface area contributed by atoms with Gasteiger partial charge in [-0.3, -0.25) is 9.48 Å². The number of hydrogen-bond donors (Lipinski definition) is 1. The number of benzene rings is 1. The van der Waals surface area contributed by atoms with Crippen molar-refractivity contribution in [3.63, 3.8) is 0 Å². The van der Waals surface area contributed by atoms with E-state index in [-0.39, 0.29) is 6.42 Å². The molecule has 0 unspecified atom stereocenters. The number of hydrogen-bond acceptors (Lipinski definition) is 4. The molecule has 0 fully saturated rings. The number of ether oxygens (including phenoxy) is 1. The SMILES string of the molecule is Cn1ncnc1COc1cccc(CC(=O)O)c1. The van der Waals surface area contributed by atoms with E-state index in [0.29, 0.717) is 23.7 Å². The fourth-order valence-electron chi connectivity index (χ4n) is 1.52. The molecule has 1 heterocycles. The van der Waals surface area contributed by atoms with Gasteiger partial charge in [-0.25, -0.2) is 4.98 Å². The first kappa shape index (κ1) is 12.1. The minimum atomic E-state index is -0.861. The first-order valence-electron chi connectivity index (χ1n) is 5.41. The fraction of sp³-hybridized carbons (Fsp3) is 0.250. The largest absolute Gasteiger partial charge is 0.486 e. The van der Waals surface area contributed by atoms with Gasteiger partial charge >= 0.3 is 5.97 Å². The quantitative estimate of drug-likeness (QED) is 0.853. The average Bonchev–Trinajstić information content (AvgIpc) is 2.72. The van der Waals surface area contributed by atoms with Gasteiger partial charge in [0.1, 0.15) is 18.7 Å². The van der Waals surface area contributed by atoms with Gasteiger partial charge in [0, 0.05) is 7.05 Å². The maximum absolute atomic E-state index is 10.6. The number of carboxylic acids is 1. The average molecular weight is 247 g/mol. The Morgan fingerprint density at radius 1 is 1.50 bits per heavy atom. The number of rotatable bonds is 5. The summed E-state index contributed by atoms with van der Waals surface area (Å²) < 4.78 is 7.16. The molecule has 6 heteroatoms. The molecule has 1 aromatic carbocycles. The van der Waals surface area contributed by atoms with E-state index in [2.05, 4.69) is 10.1 Å². The molecule has 0 saturated carbocycles. The summed E-state index contributed by atoms with van der Waals surface area (Å²) in [5.74, 6) is 0.468. The second-order valence-corrected chi connectivity index (χ2v) is 3.81. The molecule has 0 saturated heterocycles. The van der Waals surface area contributed by atoms with Crippen LogP contribution in [0.1, 0.15) is 11.4 Å². The zero-order chi connectivity index (χ0) is 13.0. The van der Waals surface area contributed by atoms with Crippen LogP contribution in [0.5, 0.6) is 5.75 Å². The molecule has 94 valence electrons. The summed E-state index contributed by atoms with van der Waals surface area (Å²) in [7, 11) is 1.78. The lowest BCUT2D eigenvalue weighted by molar-refractivity contribution is -0.136. The first-order chi connectivity index (χ1) is 8.65. The zero-order valence-electron chi connectivity index (χ0n) is 9.91. The molecule has 6 nitrogen and oxygen atoms in total. The summed E-state index contributed by atoms with van der Waals surface area (Å²) in [5, 5.41) is 12.6. The van der Waals surface area contributed by atoms with Gasteiger partial charge in [-0.15, -0.1) is 0 Å². The summed E-state index contributed by atoms with van der Waals surface area (Å²) in [6, 6.07) is 7.01. The lowest BCUT2D eigenvalue weighted by Gasteiger charge is -2.06. The van der Waals surface area contributed by atoms with Crippen molar-refractivity contribution in [2.45, 2.75) is 13.0 Å². The Bertz CT molecular complexity index is 551. The van der Waals surface area contributed by atoms with Crippen LogP contribution in [0, 0.1) is 0 Å². The van der Waals surface area contributed by atoms with Crippen molar-refractivity contribution in [1.82, 2.24) is 14.8 Å². The molecular formula is C12H13N3O3. The molecule has 1 aromatic heterocycles. The minimum absolute atomic E-state index is 0.0127. The van der Waals surface area contributed by atoms with Crippen LogP contribution in [0.25, 0.3) is 0 Å². The van der Waals surface area contributed by atoms with Crippen molar-refractivity contribution < 1.29 is 14.6 Å². The molecule has 0 aliphatic rings. The molecule has 2 aromatic rings. The number of carbonyl (C=O) groups is 1. The van der Waals surface area contributed by atoms with E-state index < -0.39 is 5.97 Å². The highest BCUT2D eigenvalue weighted by atomic mass is 16.5. The van der Waals surface area contributed by atoms with E-state index in [4.69, 9.17) is 9.84 Å². The van der Waals surface area contributed by atoms with Gasteiger partial charge in [0.2, 0.25) is 0 Å². The van der Waals surface area contributed by atoms with Crippen LogP contribution >= 0.6 is 0 Å². The Kier molecular flexibility index (Phi) is 3.57. The molecule has 2 rings (SSSR count). The molecule has 0 aliphatic carbocycles. The Labute approximate surface area is 104 Å². The Morgan fingerprint density at radius 3 is 3.00 bits per heavy atom. The van der Waals surface area contributed by atoms with Gasteiger partial charge in [-0.1, -0.05) is 12.1 Å². The smallest absolute Gasteiger partial charge is 0.307 e. The third-order valence-corrected chi connectivity index (χ3v) is 2.43. The second-order valence-electron chi connectivity index (χ2n) is 3.81.